The Morgan fingerprint density at radius 2 is 1.86 bits per heavy atom. The topological polar surface area (TPSA) is 114 Å². The summed E-state index contributed by atoms with van der Waals surface area (Å²) < 4.78 is 14.1. The molecular formula is C12H10FN3O5. The number of aliphatic hydroxyl groups excluding tert-OH is 1. The molecule has 0 amide bonds. The number of carbonyl (C=O) groups is 1. The van der Waals surface area contributed by atoms with Crippen molar-refractivity contribution >= 4 is 5.97 Å². The van der Waals surface area contributed by atoms with E-state index in [2.05, 4.69) is 5.10 Å². The van der Waals surface area contributed by atoms with Crippen LogP contribution < -0.4 is 11.2 Å². The van der Waals surface area contributed by atoms with E-state index >= 15 is 0 Å². The fourth-order valence-electron chi connectivity index (χ4n) is 1.71. The Kier molecular flexibility index (Phi) is 3.94. The van der Waals surface area contributed by atoms with Gasteiger partial charge in [0.25, 0.3) is 5.56 Å². The Labute approximate surface area is 116 Å². The molecule has 0 aliphatic heterocycles. The van der Waals surface area contributed by atoms with Crippen LogP contribution in [0.25, 0.3) is 5.69 Å². The SMILES string of the molecule is O=C(O)c1nn(CCO)c(=O)n(-c2ccc(F)cc2)c1=O. The van der Waals surface area contributed by atoms with Gasteiger partial charge < -0.3 is 10.2 Å². The van der Waals surface area contributed by atoms with Gasteiger partial charge in [-0.15, -0.1) is 0 Å². The molecular weight excluding hydrogens is 285 g/mol. The van der Waals surface area contributed by atoms with E-state index < -0.39 is 35.3 Å². The van der Waals surface area contributed by atoms with Crippen molar-refractivity contribution in [2.45, 2.75) is 6.54 Å². The number of rotatable bonds is 4. The van der Waals surface area contributed by atoms with Crippen LogP contribution >= 0.6 is 0 Å². The van der Waals surface area contributed by atoms with Gasteiger partial charge in [0, 0.05) is 0 Å². The fraction of sp³-hybridized carbons (Fsp3) is 0.167. The summed E-state index contributed by atoms with van der Waals surface area (Å²) in [6, 6.07) is 4.37. The molecule has 2 rings (SSSR count). The van der Waals surface area contributed by atoms with E-state index in [1.54, 1.807) is 0 Å². The van der Waals surface area contributed by atoms with E-state index in [1.807, 2.05) is 0 Å². The number of halogens is 1. The third-order valence-corrected chi connectivity index (χ3v) is 2.64. The highest BCUT2D eigenvalue weighted by Crippen LogP contribution is 2.04. The van der Waals surface area contributed by atoms with Gasteiger partial charge in [0.1, 0.15) is 5.82 Å². The van der Waals surface area contributed by atoms with Crippen molar-refractivity contribution in [1.29, 1.82) is 0 Å². The lowest BCUT2D eigenvalue weighted by molar-refractivity contribution is 0.0683. The second-order valence-electron chi connectivity index (χ2n) is 4.00. The summed E-state index contributed by atoms with van der Waals surface area (Å²) in [5, 5.41) is 21.2. The average Bonchev–Trinajstić information content (AvgIpc) is 2.44. The lowest BCUT2D eigenvalue weighted by atomic mass is 10.3. The maximum atomic E-state index is 12.9. The summed E-state index contributed by atoms with van der Waals surface area (Å²) in [6.07, 6.45) is 0. The van der Waals surface area contributed by atoms with Crippen LogP contribution in [0.15, 0.2) is 33.9 Å². The van der Waals surface area contributed by atoms with Crippen molar-refractivity contribution in [3.8, 4) is 5.69 Å². The first kappa shape index (κ1) is 14.6. The Hall–Kier alpha value is -2.81. The summed E-state index contributed by atoms with van der Waals surface area (Å²) in [4.78, 5) is 35.1. The molecule has 1 heterocycles. The molecule has 0 unspecified atom stereocenters. The molecule has 21 heavy (non-hydrogen) atoms. The molecule has 0 radical (unpaired) electrons. The molecule has 110 valence electrons. The van der Waals surface area contributed by atoms with E-state index in [-0.39, 0.29) is 12.2 Å². The normalized spacial score (nSPS) is 10.6. The standard InChI is InChI=1S/C12H10FN3O5/c13-7-1-3-8(4-2-7)16-10(18)9(11(19)20)14-15(5-6-17)12(16)21/h1-4,17H,5-6H2,(H,19,20). The van der Waals surface area contributed by atoms with E-state index in [9.17, 15) is 18.8 Å². The van der Waals surface area contributed by atoms with E-state index in [0.29, 0.717) is 9.25 Å². The molecule has 0 saturated heterocycles. The second kappa shape index (κ2) is 5.67. The van der Waals surface area contributed by atoms with Crippen molar-refractivity contribution in [2.24, 2.45) is 0 Å². The summed E-state index contributed by atoms with van der Waals surface area (Å²) >= 11 is 0. The molecule has 9 heteroatoms. The zero-order valence-electron chi connectivity index (χ0n) is 10.6. The number of benzene rings is 1. The van der Waals surface area contributed by atoms with Crippen LogP contribution in [0.4, 0.5) is 4.39 Å². The summed E-state index contributed by atoms with van der Waals surface area (Å²) in [5.74, 6) is -2.18. The zero-order valence-corrected chi connectivity index (χ0v) is 10.6. The van der Waals surface area contributed by atoms with Gasteiger partial charge in [-0.05, 0) is 24.3 Å². The molecule has 0 aliphatic rings. The first-order chi connectivity index (χ1) is 9.95. The Bertz CT molecular complexity index is 794. The molecule has 0 aliphatic carbocycles. The minimum atomic E-state index is -1.61. The number of nitrogens with zero attached hydrogens (tertiary/aromatic N) is 3. The molecule has 8 nitrogen and oxygen atoms in total. The fourth-order valence-corrected chi connectivity index (χ4v) is 1.71. The number of hydrogen-bond donors (Lipinski definition) is 2. The van der Waals surface area contributed by atoms with Crippen LogP contribution in [-0.4, -0.2) is 37.1 Å². The van der Waals surface area contributed by atoms with E-state index in [4.69, 9.17) is 10.2 Å². The van der Waals surface area contributed by atoms with Gasteiger partial charge in [0.2, 0.25) is 5.69 Å². The smallest absolute Gasteiger partial charge is 0.362 e. The highest BCUT2D eigenvalue weighted by molar-refractivity contribution is 5.84. The largest absolute Gasteiger partial charge is 0.476 e. The number of aliphatic hydroxyl groups is 1. The van der Waals surface area contributed by atoms with E-state index in [0.717, 1.165) is 24.3 Å². The minimum Gasteiger partial charge on any atom is -0.476 e. The van der Waals surface area contributed by atoms with Crippen molar-refractivity contribution in [3.63, 3.8) is 0 Å². The zero-order chi connectivity index (χ0) is 15.6. The molecule has 2 N–H and O–H groups in total. The molecule has 1 aromatic carbocycles. The van der Waals surface area contributed by atoms with E-state index in [1.165, 1.54) is 0 Å². The third-order valence-electron chi connectivity index (χ3n) is 2.64. The highest BCUT2D eigenvalue weighted by Gasteiger charge is 2.19. The predicted octanol–water partition coefficient (Wildman–Crippen LogP) is -0.776. The number of hydrogen-bond acceptors (Lipinski definition) is 5. The van der Waals surface area contributed by atoms with Crippen molar-refractivity contribution in [1.82, 2.24) is 14.3 Å². The summed E-state index contributed by atoms with van der Waals surface area (Å²) in [5.41, 5.74) is -2.92. The van der Waals surface area contributed by atoms with Crippen LogP contribution in [0, 0.1) is 5.82 Å². The number of carboxylic acids is 1. The lowest BCUT2D eigenvalue weighted by Gasteiger charge is -2.09. The Balaban J connectivity index is 2.80. The third kappa shape index (κ3) is 2.72. The average molecular weight is 295 g/mol. The highest BCUT2D eigenvalue weighted by atomic mass is 19.1. The molecule has 0 bridgehead atoms. The maximum Gasteiger partial charge on any atom is 0.362 e. The van der Waals surface area contributed by atoms with Crippen LogP contribution in [0.3, 0.4) is 0 Å². The predicted molar refractivity (Wildman–Crippen MR) is 68.1 cm³/mol. The molecule has 0 saturated carbocycles. The number of aromatic carboxylic acids is 1. The van der Waals surface area contributed by atoms with Gasteiger partial charge >= 0.3 is 11.7 Å². The summed E-state index contributed by atoms with van der Waals surface area (Å²) in [6.45, 7) is -0.742. The minimum absolute atomic E-state index is 0.00277. The van der Waals surface area contributed by atoms with Gasteiger partial charge in [-0.3, -0.25) is 4.79 Å². The number of carboxylic acid groups (broad SMARTS) is 1. The molecule has 1 aromatic heterocycles. The summed E-state index contributed by atoms with van der Waals surface area (Å²) in [7, 11) is 0. The Morgan fingerprint density at radius 1 is 1.24 bits per heavy atom. The first-order valence-corrected chi connectivity index (χ1v) is 5.80. The molecule has 0 atom stereocenters. The number of aromatic nitrogens is 3. The van der Waals surface area contributed by atoms with Gasteiger partial charge in [0.05, 0.1) is 18.8 Å². The van der Waals surface area contributed by atoms with Crippen LogP contribution in [0.1, 0.15) is 10.5 Å². The maximum absolute atomic E-state index is 12.9. The van der Waals surface area contributed by atoms with Crippen LogP contribution in [-0.2, 0) is 6.54 Å². The van der Waals surface area contributed by atoms with Gasteiger partial charge in [-0.1, -0.05) is 0 Å². The van der Waals surface area contributed by atoms with Crippen LogP contribution in [0.5, 0.6) is 0 Å². The van der Waals surface area contributed by atoms with Gasteiger partial charge in [-0.2, -0.15) is 5.10 Å². The Morgan fingerprint density at radius 3 is 2.38 bits per heavy atom. The van der Waals surface area contributed by atoms with Gasteiger partial charge in [-0.25, -0.2) is 23.2 Å². The molecule has 0 spiro atoms. The van der Waals surface area contributed by atoms with Gasteiger partial charge in [0.15, 0.2) is 0 Å². The monoisotopic (exact) mass is 295 g/mol. The second-order valence-corrected chi connectivity index (χ2v) is 4.00. The molecule has 0 fully saturated rings. The molecule has 2 aromatic rings. The van der Waals surface area contributed by atoms with Crippen molar-refractivity contribution in [2.75, 3.05) is 6.61 Å². The quantitative estimate of drug-likeness (QED) is 0.765. The lowest BCUT2D eigenvalue weighted by Crippen LogP contribution is -2.44. The van der Waals surface area contributed by atoms with Crippen molar-refractivity contribution in [3.05, 3.63) is 56.6 Å². The van der Waals surface area contributed by atoms with Crippen molar-refractivity contribution < 1.29 is 19.4 Å². The first-order valence-electron chi connectivity index (χ1n) is 5.80. The van der Waals surface area contributed by atoms with Crippen LogP contribution in [0.2, 0.25) is 0 Å².